The van der Waals surface area contributed by atoms with Gasteiger partial charge in [-0.25, -0.2) is 4.79 Å². The summed E-state index contributed by atoms with van der Waals surface area (Å²) < 4.78 is 21.0. The molecule has 0 spiro atoms. The molecule has 7 nitrogen and oxygen atoms in total. The van der Waals surface area contributed by atoms with Gasteiger partial charge in [-0.15, -0.1) is 0 Å². The molecular formula is C21H25NO6. The third-order valence-electron chi connectivity index (χ3n) is 3.83. The number of carbonyl (C=O) groups is 2. The molecule has 0 atom stereocenters. The molecule has 1 N–H and O–H groups in total. The lowest BCUT2D eigenvalue weighted by molar-refractivity contribution is -0.118. The minimum atomic E-state index is -0.373. The normalized spacial score (nSPS) is 10.1. The van der Waals surface area contributed by atoms with Crippen molar-refractivity contribution >= 4 is 17.6 Å². The largest absolute Gasteiger partial charge is 0.496 e. The number of methoxy groups -OCH3 is 2. The number of esters is 1. The number of amides is 1. The van der Waals surface area contributed by atoms with Crippen molar-refractivity contribution in [3.63, 3.8) is 0 Å². The summed E-state index contributed by atoms with van der Waals surface area (Å²) in [6, 6.07) is 11.5. The number of carbonyl (C=O) groups excluding carboxylic acids is 2. The van der Waals surface area contributed by atoms with Crippen molar-refractivity contribution in [2.45, 2.75) is 19.8 Å². The molecule has 28 heavy (non-hydrogen) atoms. The highest BCUT2D eigenvalue weighted by Gasteiger charge is 2.09. The number of ether oxygens (including phenoxy) is 4. The first kappa shape index (κ1) is 21.1. The number of hydrogen-bond acceptors (Lipinski definition) is 6. The first-order chi connectivity index (χ1) is 13.5. The zero-order chi connectivity index (χ0) is 20.4. The Morgan fingerprint density at radius 3 is 2.11 bits per heavy atom. The Kier molecular flexibility index (Phi) is 8.14. The fraction of sp³-hybridized carbons (Fsp3) is 0.333. The van der Waals surface area contributed by atoms with Gasteiger partial charge in [-0.05, 0) is 30.7 Å². The van der Waals surface area contributed by atoms with Crippen molar-refractivity contribution in [3.05, 3.63) is 48.0 Å². The molecular weight excluding hydrogens is 362 g/mol. The molecule has 0 heterocycles. The Bertz CT molecular complexity index is 766. The standard InChI is InChI=1S/C21H25NO6/c1-4-5-10-27-21(24)15-6-8-16(9-7-15)22-20(23)14-28-19-12-17(25-2)11-18(13-19)26-3/h6-9,11-13H,4-5,10,14H2,1-3H3,(H,22,23). The molecule has 0 saturated carbocycles. The van der Waals surface area contributed by atoms with Gasteiger partial charge in [0.25, 0.3) is 5.91 Å². The monoisotopic (exact) mass is 387 g/mol. The Labute approximate surface area is 164 Å². The van der Waals surface area contributed by atoms with Crippen LogP contribution in [0.4, 0.5) is 5.69 Å². The number of rotatable bonds is 10. The van der Waals surface area contributed by atoms with Crippen LogP contribution in [0.5, 0.6) is 17.2 Å². The summed E-state index contributed by atoms with van der Waals surface area (Å²) in [5, 5.41) is 2.71. The van der Waals surface area contributed by atoms with E-state index in [1.165, 1.54) is 14.2 Å². The predicted octanol–water partition coefficient (Wildman–Crippen LogP) is 3.68. The number of hydrogen-bond donors (Lipinski definition) is 1. The Morgan fingerprint density at radius 2 is 1.54 bits per heavy atom. The van der Waals surface area contributed by atoms with E-state index in [1.54, 1.807) is 42.5 Å². The summed E-state index contributed by atoms with van der Waals surface area (Å²) in [5.41, 5.74) is 0.996. The number of nitrogens with one attached hydrogen (secondary N) is 1. The van der Waals surface area contributed by atoms with Gasteiger partial charge in [0.15, 0.2) is 6.61 Å². The lowest BCUT2D eigenvalue weighted by Crippen LogP contribution is -2.20. The lowest BCUT2D eigenvalue weighted by Gasteiger charge is -2.11. The molecule has 0 saturated heterocycles. The van der Waals surface area contributed by atoms with Crippen molar-refractivity contribution in [2.75, 3.05) is 32.8 Å². The maximum absolute atomic E-state index is 12.1. The molecule has 0 bridgehead atoms. The maximum atomic E-state index is 12.1. The predicted molar refractivity (Wildman–Crippen MR) is 105 cm³/mol. The van der Waals surface area contributed by atoms with Crippen LogP contribution in [0, 0.1) is 0 Å². The van der Waals surface area contributed by atoms with Gasteiger partial charge in [0.05, 0.1) is 26.4 Å². The van der Waals surface area contributed by atoms with Crippen molar-refractivity contribution in [1.29, 1.82) is 0 Å². The van der Waals surface area contributed by atoms with Crippen LogP contribution in [0.25, 0.3) is 0 Å². The van der Waals surface area contributed by atoms with Crippen molar-refractivity contribution in [1.82, 2.24) is 0 Å². The average Bonchev–Trinajstić information content (AvgIpc) is 2.72. The Hall–Kier alpha value is -3.22. The lowest BCUT2D eigenvalue weighted by atomic mass is 10.2. The van der Waals surface area contributed by atoms with E-state index in [0.717, 1.165) is 12.8 Å². The molecule has 0 aliphatic rings. The van der Waals surface area contributed by atoms with Crippen molar-refractivity contribution in [3.8, 4) is 17.2 Å². The number of unbranched alkanes of at least 4 members (excludes halogenated alkanes) is 1. The fourth-order valence-corrected chi connectivity index (χ4v) is 2.29. The van der Waals surface area contributed by atoms with E-state index in [4.69, 9.17) is 18.9 Å². The summed E-state index contributed by atoms with van der Waals surface area (Å²) in [6.07, 6.45) is 1.79. The molecule has 150 valence electrons. The second-order valence-corrected chi connectivity index (χ2v) is 5.95. The molecule has 2 rings (SSSR count). The summed E-state index contributed by atoms with van der Waals surface area (Å²) in [5.74, 6) is 0.880. The van der Waals surface area contributed by atoms with Crippen LogP contribution in [0.1, 0.15) is 30.1 Å². The van der Waals surface area contributed by atoms with Crippen molar-refractivity contribution in [2.24, 2.45) is 0 Å². The first-order valence-electron chi connectivity index (χ1n) is 8.98. The van der Waals surface area contributed by atoms with Crippen LogP contribution >= 0.6 is 0 Å². The highest BCUT2D eigenvalue weighted by Crippen LogP contribution is 2.27. The van der Waals surface area contributed by atoms with Crippen molar-refractivity contribution < 1.29 is 28.5 Å². The van der Waals surface area contributed by atoms with Gasteiger partial charge in [0, 0.05) is 23.9 Å². The van der Waals surface area contributed by atoms with E-state index in [9.17, 15) is 9.59 Å². The highest BCUT2D eigenvalue weighted by molar-refractivity contribution is 5.93. The minimum absolute atomic E-state index is 0.183. The fourth-order valence-electron chi connectivity index (χ4n) is 2.29. The molecule has 0 radical (unpaired) electrons. The molecule has 0 fully saturated rings. The SMILES string of the molecule is CCCCOC(=O)c1ccc(NC(=O)COc2cc(OC)cc(OC)c2)cc1. The molecule has 0 aliphatic heterocycles. The van der Waals surface area contributed by atoms with Gasteiger partial charge < -0.3 is 24.3 Å². The molecule has 0 aliphatic carbocycles. The van der Waals surface area contributed by atoms with Gasteiger partial charge in [-0.3, -0.25) is 4.79 Å². The molecule has 2 aromatic carbocycles. The van der Waals surface area contributed by atoms with E-state index < -0.39 is 0 Å². The minimum Gasteiger partial charge on any atom is -0.496 e. The topological polar surface area (TPSA) is 83.1 Å². The summed E-state index contributed by atoms with van der Waals surface area (Å²) in [6.45, 7) is 2.25. The van der Waals surface area contributed by atoms with Gasteiger partial charge in [0.1, 0.15) is 17.2 Å². The number of anilines is 1. The van der Waals surface area contributed by atoms with Crippen LogP contribution in [-0.4, -0.2) is 39.3 Å². The molecule has 1 amide bonds. The van der Waals surface area contributed by atoms with Crippen LogP contribution in [0.15, 0.2) is 42.5 Å². The molecule has 0 unspecified atom stereocenters. The van der Waals surface area contributed by atoms with Crippen LogP contribution in [0.3, 0.4) is 0 Å². The Morgan fingerprint density at radius 1 is 0.929 bits per heavy atom. The smallest absolute Gasteiger partial charge is 0.338 e. The number of benzene rings is 2. The van der Waals surface area contributed by atoms with Crippen LogP contribution in [0.2, 0.25) is 0 Å². The van der Waals surface area contributed by atoms with Gasteiger partial charge in [-0.1, -0.05) is 13.3 Å². The van der Waals surface area contributed by atoms with Gasteiger partial charge in [0.2, 0.25) is 0 Å². The summed E-state index contributed by atoms with van der Waals surface area (Å²) >= 11 is 0. The summed E-state index contributed by atoms with van der Waals surface area (Å²) in [4.78, 5) is 24.0. The maximum Gasteiger partial charge on any atom is 0.338 e. The second kappa shape index (κ2) is 10.8. The quantitative estimate of drug-likeness (QED) is 0.495. The Balaban J connectivity index is 1.87. The highest BCUT2D eigenvalue weighted by atomic mass is 16.5. The average molecular weight is 387 g/mol. The first-order valence-corrected chi connectivity index (χ1v) is 8.98. The van der Waals surface area contributed by atoms with E-state index in [0.29, 0.717) is 35.1 Å². The molecule has 2 aromatic rings. The second-order valence-electron chi connectivity index (χ2n) is 5.95. The van der Waals surface area contributed by atoms with Gasteiger partial charge in [-0.2, -0.15) is 0 Å². The molecule has 0 aromatic heterocycles. The zero-order valence-corrected chi connectivity index (χ0v) is 16.3. The summed E-state index contributed by atoms with van der Waals surface area (Å²) in [7, 11) is 3.07. The van der Waals surface area contributed by atoms with Gasteiger partial charge >= 0.3 is 5.97 Å². The molecule has 7 heteroatoms. The third-order valence-corrected chi connectivity index (χ3v) is 3.83. The third kappa shape index (κ3) is 6.50. The van der Waals surface area contributed by atoms with Crippen LogP contribution < -0.4 is 19.5 Å². The van der Waals surface area contributed by atoms with E-state index in [2.05, 4.69) is 5.32 Å². The van der Waals surface area contributed by atoms with E-state index >= 15 is 0 Å². The van der Waals surface area contributed by atoms with E-state index in [1.807, 2.05) is 6.92 Å². The van der Waals surface area contributed by atoms with Crippen LogP contribution in [-0.2, 0) is 9.53 Å². The van der Waals surface area contributed by atoms with E-state index in [-0.39, 0.29) is 18.5 Å². The zero-order valence-electron chi connectivity index (χ0n) is 16.3.